The minimum Gasteiger partial charge on any atom is -0.478 e. The second-order valence-corrected chi connectivity index (χ2v) is 4.22. The zero-order chi connectivity index (χ0) is 14.4. The molecule has 0 atom stereocenters. The summed E-state index contributed by atoms with van der Waals surface area (Å²) in [6.07, 6.45) is 3.04. The third-order valence-electron chi connectivity index (χ3n) is 3.02. The van der Waals surface area contributed by atoms with Crippen LogP contribution in [0.4, 0.5) is 11.5 Å². The van der Waals surface area contributed by atoms with E-state index in [-0.39, 0.29) is 17.1 Å². The summed E-state index contributed by atoms with van der Waals surface area (Å²) in [5.74, 6) is -0.718. The molecule has 0 saturated carbocycles. The lowest BCUT2D eigenvalue weighted by Crippen LogP contribution is -2.15. The fourth-order valence-corrected chi connectivity index (χ4v) is 1.66. The van der Waals surface area contributed by atoms with Crippen molar-refractivity contribution in [2.75, 3.05) is 11.9 Å². The van der Waals surface area contributed by atoms with Gasteiger partial charge in [0.1, 0.15) is 0 Å². The van der Waals surface area contributed by atoms with Gasteiger partial charge in [-0.05, 0) is 5.92 Å². The Morgan fingerprint density at radius 1 is 1.53 bits per heavy atom. The van der Waals surface area contributed by atoms with E-state index < -0.39 is 10.9 Å². The lowest BCUT2D eigenvalue weighted by atomic mass is 10.0. The van der Waals surface area contributed by atoms with E-state index in [4.69, 9.17) is 5.11 Å². The van der Waals surface area contributed by atoms with Gasteiger partial charge in [-0.1, -0.05) is 26.7 Å². The molecule has 0 saturated heterocycles. The quantitative estimate of drug-likeness (QED) is 0.581. The highest BCUT2D eigenvalue weighted by atomic mass is 16.6. The van der Waals surface area contributed by atoms with Gasteiger partial charge in [0.05, 0.1) is 10.5 Å². The number of pyridine rings is 1. The molecular formula is C12H17N3O4. The van der Waals surface area contributed by atoms with E-state index in [1.165, 1.54) is 0 Å². The molecular weight excluding hydrogens is 250 g/mol. The van der Waals surface area contributed by atoms with Crippen molar-refractivity contribution in [2.24, 2.45) is 5.92 Å². The molecule has 0 aliphatic carbocycles. The van der Waals surface area contributed by atoms with Gasteiger partial charge < -0.3 is 10.4 Å². The Morgan fingerprint density at radius 3 is 2.63 bits per heavy atom. The zero-order valence-electron chi connectivity index (χ0n) is 10.9. The van der Waals surface area contributed by atoms with Crippen LogP contribution in [0, 0.1) is 16.0 Å². The van der Waals surface area contributed by atoms with Gasteiger partial charge in [-0.3, -0.25) is 10.1 Å². The van der Waals surface area contributed by atoms with Gasteiger partial charge in [0, 0.05) is 18.8 Å². The average molecular weight is 267 g/mol. The van der Waals surface area contributed by atoms with Gasteiger partial charge in [-0.15, -0.1) is 0 Å². The van der Waals surface area contributed by atoms with Crippen LogP contribution < -0.4 is 5.32 Å². The molecule has 1 heterocycles. The van der Waals surface area contributed by atoms with Crippen molar-refractivity contribution in [3.05, 3.63) is 27.9 Å². The Labute approximate surface area is 110 Å². The van der Waals surface area contributed by atoms with Gasteiger partial charge in [-0.2, -0.15) is 0 Å². The average Bonchev–Trinajstić information content (AvgIpc) is 2.39. The summed E-state index contributed by atoms with van der Waals surface area (Å²) in [6, 6.07) is 1.02. The SMILES string of the molecule is CCC(CC)CNc1ncc(C(=O)O)cc1[N+](=O)[O-]. The van der Waals surface area contributed by atoms with Crippen molar-refractivity contribution < 1.29 is 14.8 Å². The van der Waals surface area contributed by atoms with Crippen molar-refractivity contribution in [1.82, 2.24) is 4.98 Å². The van der Waals surface area contributed by atoms with Crippen LogP contribution in [0.1, 0.15) is 37.0 Å². The second-order valence-electron chi connectivity index (χ2n) is 4.22. The summed E-state index contributed by atoms with van der Waals surface area (Å²) < 4.78 is 0. The molecule has 1 aromatic rings. The van der Waals surface area contributed by atoms with Crippen molar-refractivity contribution in [3.63, 3.8) is 0 Å². The molecule has 104 valence electrons. The maximum absolute atomic E-state index is 10.9. The van der Waals surface area contributed by atoms with Crippen molar-refractivity contribution in [2.45, 2.75) is 26.7 Å². The molecule has 0 aliphatic heterocycles. The lowest BCUT2D eigenvalue weighted by molar-refractivity contribution is -0.384. The Bertz CT molecular complexity index is 472. The van der Waals surface area contributed by atoms with Crippen LogP contribution in [0.2, 0.25) is 0 Å². The maximum Gasteiger partial charge on any atom is 0.337 e. The molecule has 19 heavy (non-hydrogen) atoms. The second kappa shape index (κ2) is 6.67. The standard InChI is InChI=1S/C12H17N3O4/c1-3-8(4-2)6-13-11-10(15(18)19)5-9(7-14-11)12(16)17/h5,7-8H,3-4,6H2,1-2H3,(H,13,14)(H,16,17). The highest BCUT2D eigenvalue weighted by Crippen LogP contribution is 2.23. The fourth-order valence-electron chi connectivity index (χ4n) is 1.66. The normalized spacial score (nSPS) is 10.5. The number of aromatic carboxylic acids is 1. The summed E-state index contributed by atoms with van der Waals surface area (Å²) in [5, 5.41) is 22.6. The van der Waals surface area contributed by atoms with Gasteiger partial charge in [0.25, 0.3) is 0 Å². The van der Waals surface area contributed by atoms with Crippen LogP contribution in [0.3, 0.4) is 0 Å². The van der Waals surface area contributed by atoms with Crippen LogP contribution in [0.25, 0.3) is 0 Å². The molecule has 0 aliphatic rings. The molecule has 0 bridgehead atoms. The topological polar surface area (TPSA) is 105 Å². The monoisotopic (exact) mass is 267 g/mol. The number of carbonyl (C=O) groups is 1. The molecule has 2 N–H and O–H groups in total. The summed E-state index contributed by atoms with van der Waals surface area (Å²) in [5.41, 5.74) is -0.509. The fraction of sp³-hybridized carbons (Fsp3) is 0.500. The van der Waals surface area contributed by atoms with Gasteiger partial charge in [-0.25, -0.2) is 9.78 Å². The number of carboxylic acids is 1. The summed E-state index contributed by atoms with van der Waals surface area (Å²) in [6.45, 7) is 4.67. The van der Waals surface area contributed by atoms with Crippen molar-refractivity contribution in [3.8, 4) is 0 Å². The summed E-state index contributed by atoms with van der Waals surface area (Å²) in [4.78, 5) is 24.9. The minimum atomic E-state index is -1.23. The van der Waals surface area contributed by atoms with Gasteiger partial charge in [0.15, 0.2) is 0 Å². The van der Waals surface area contributed by atoms with E-state index in [1.807, 2.05) is 13.8 Å². The number of anilines is 1. The number of rotatable bonds is 7. The van der Waals surface area contributed by atoms with Crippen LogP contribution >= 0.6 is 0 Å². The first kappa shape index (κ1) is 14.9. The first-order valence-electron chi connectivity index (χ1n) is 6.11. The Morgan fingerprint density at radius 2 is 2.16 bits per heavy atom. The van der Waals surface area contributed by atoms with Crippen molar-refractivity contribution in [1.29, 1.82) is 0 Å². The highest BCUT2D eigenvalue weighted by Gasteiger charge is 2.19. The molecule has 0 radical (unpaired) electrons. The Hall–Kier alpha value is -2.18. The van der Waals surface area contributed by atoms with Crippen LogP contribution in [-0.2, 0) is 0 Å². The van der Waals surface area contributed by atoms with E-state index in [0.717, 1.165) is 25.1 Å². The zero-order valence-corrected chi connectivity index (χ0v) is 10.9. The summed E-state index contributed by atoms with van der Waals surface area (Å²) in [7, 11) is 0. The third kappa shape index (κ3) is 3.90. The molecule has 7 nitrogen and oxygen atoms in total. The highest BCUT2D eigenvalue weighted by molar-refractivity contribution is 5.88. The lowest BCUT2D eigenvalue weighted by Gasteiger charge is -2.13. The Balaban J connectivity index is 2.94. The largest absolute Gasteiger partial charge is 0.478 e. The first-order valence-corrected chi connectivity index (χ1v) is 6.11. The number of nitrogens with zero attached hydrogens (tertiary/aromatic N) is 2. The number of hydrogen-bond donors (Lipinski definition) is 2. The number of carboxylic acid groups (broad SMARTS) is 1. The van der Waals surface area contributed by atoms with Gasteiger partial charge in [0.2, 0.25) is 5.82 Å². The molecule has 1 aromatic heterocycles. The van der Waals surface area contributed by atoms with E-state index in [0.29, 0.717) is 12.5 Å². The van der Waals surface area contributed by atoms with E-state index in [1.54, 1.807) is 0 Å². The van der Waals surface area contributed by atoms with E-state index in [9.17, 15) is 14.9 Å². The number of nitrogens with one attached hydrogen (secondary N) is 1. The molecule has 0 aromatic carbocycles. The van der Waals surface area contributed by atoms with Gasteiger partial charge >= 0.3 is 11.7 Å². The molecule has 0 unspecified atom stereocenters. The van der Waals surface area contributed by atoms with Crippen LogP contribution in [-0.4, -0.2) is 27.5 Å². The first-order chi connectivity index (χ1) is 8.99. The Kier molecular flexibility index (Phi) is 5.23. The number of hydrogen-bond acceptors (Lipinski definition) is 5. The number of aromatic nitrogens is 1. The van der Waals surface area contributed by atoms with E-state index in [2.05, 4.69) is 10.3 Å². The molecule has 0 spiro atoms. The third-order valence-corrected chi connectivity index (χ3v) is 3.02. The molecule has 7 heteroatoms. The maximum atomic E-state index is 10.9. The summed E-state index contributed by atoms with van der Waals surface area (Å²) >= 11 is 0. The van der Waals surface area contributed by atoms with E-state index >= 15 is 0 Å². The van der Waals surface area contributed by atoms with Crippen LogP contribution in [0.5, 0.6) is 0 Å². The predicted octanol–water partition coefficient (Wildman–Crippen LogP) is 2.54. The van der Waals surface area contributed by atoms with Crippen molar-refractivity contribution >= 4 is 17.5 Å². The molecule has 0 fully saturated rings. The number of nitro groups is 1. The van der Waals surface area contributed by atoms with Crippen LogP contribution in [0.15, 0.2) is 12.3 Å². The smallest absolute Gasteiger partial charge is 0.337 e. The molecule has 0 amide bonds. The predicted molar refractivity (Wildman–Crippen MR) is 70.4 cm³/mol. The minimum absolute atomic E-state index is 0.113. The molecule has 1 rings (SSSR count).